The van der Waals surface area contributed by atoms with Gasteiger partial charge in [-0.3, -0.25) is 14.9 Å². The summed E-state index contributed by atoms with van der Waals surface area (Å²) in [5.41, 5.74) is 0.514. The number of nitro benzene ring substituents is 1. The average Bonchev–Trinajstić information content (AvgIpc) is 2.78. The van der Waals surface area contributed by atoms with Crippen LogP contribution in [-0.2, 0) is 4.79 Å². The number of rotatable bonds is 5. The number of carbonyl (C=O) groups is 1. The molecule has 1 aliphatic rings. The molecule has 114 valence electrons. The summed E-state index contributed by atoms with van der Waals surface area (Å²) in [6.07, 6.45) is 0.706. The minimum Gasteiger partial charge on any atom is -0.494 e. The standard InChI is InChI=1S/C14H19N3O4/c1-9(2)15-11-6-7-16(14(11)18)12-5-4-10(17(19)20)8-13(12)21-3/h4-5,8-9,11,15H,6-7H2,1-3H3. The van der Waals surface area contributed by atoms with Crippen LogP contribution in [0.25, 0.3) is 0 Å². The molecule has 0 bridgehead atoms. The van der Waals surface area contributed by atoms with Gasteiger partial charge in [0, 0.05) is 18.7 Å². The molecule has 0 spiro atoms. The number of ether oxygens (including phenoxy) is 1. The molecule has 0 saturated carbocycles. The first-order valence-electron chi connectivity index (χ1n) is 6.84. The fourth-order valence-electron chi connectivity index (χ4n) is 2.48. The molecule has 0 aromatic heterocycles. The molecule has 1 aromatic rings. The number of benzene rings is 1. The summed E-state index contributed by atoms with van der Waals surface area (Å²) < 4.78 is 5.19. The van der Waals surface area contributed by atoms with Crippen molar-refractivity contribution in [1.82, 2.24) is 5.32 Å². The van der Waals surface area contributed by atoms with E-state index in [1.807, 2.05) is 13.8 Å². The molecule has 1 heterocycles. The molecule has 1 atom stereocenters. The lowest BCUT2D eigenvalue weighted by atomic mass is 10.2. The Hall–Kier alpha value is -2.15. The third kappa shape index (κ3) is 3.13. The zero-order chi connectivity index (χ0) is 15.6. The molecule has 7 nitrogen and oxygen atoms in total. The molecule has 1 aromatic carbocycles. The van der Waals surface area contributed by atoms with Crippen LogP contribution in [0.5, 0.6) is 5.75 Å². The smallest absolute Gasteiger partial charge is 0.273 e. The van der Waals surface area contributed by atoms with Gasteiger partial charge in [0.1, 0.15) is 5.75 Å². The zero-order valence-electron chi connectivity index (χ0n) is 12.3. The molecule has 0 radical (unpaired) electrons. The van der Waals surface area contributed by atoms with E-state index in [1.54, 1.807) is 11.0 Å². The average molecular weight is 293 g/mol. The summed E-state index contributed by atoms with van der Waals surface area (Å²) in [5.74, 6) is 0.304. The van der Waals surface area contributed by atoms with Crippen LogP contribution >= 0.6 is 0 Å². The number of hydrogen-bond donors (Lipinski definition) is 1. The van der Waals surface area contributed by atoms with Crippen molar-refractivity contribution in [3.63, 3.8) is 0 Å². The molecule has 1 N–H and O–H groups in total. The zero-order valence-corrected chi connectivity index (χ0v) is 12.3. The number of non-ortho nitro benzene ring substituents is 1. The van der Waals surface area contributed by atoms with E-state index in [0.717, 1.165) is 0 Å². The van der Waals surface area contributed by atoms with Gasteiger partial charge >= 0.3 is 0 Å². The van der Waals surface area contributed by atoms with Gasteiger partial charge in [-0.15, -0.1) is 0 Å². The van der Waals surface area contributed by atoms with Gasteiger partial charge in [0.15, 0.2) is 0 Å². The number of nitrogens with one attached hydrogen (secondary N) is 1. The van der Waals surface area contributed by atoms with E-state index in [1.165, 1.54) is 19.2 Å². The molecule has 2 rings (SSSR count). The van der Waals surface area contributed by atoms with E-state index in [-0.39, 0.29) is 23.7 Å². The van der Waals surface area contributed by atoms with Crippen LogP contribution in [-0.4, -0.2) is 36.6 Å². The van der Waals surface area contributed by atoms with E-state index < -0.39 is 4.92 Å². The highest BCUT2D eigenvalue weighted by atomic mass is 16.6. The van der Waals surface area contributed by atoms with Crippen molar-refractivity contribution in [3.05, 3.63) is 28.3 Å². The monoisotopic (exact) mass is 293 g/mol. The van der Waals surface area contributed by atoms with Crippen LogP contribution in [0.2, 0.25) is 0 Å². The second-order valence-corrected chi connectivity index (χ2v) is 5.27. The number of nitrogens with zero attached hydrogens (tertiary/aromatic N) is 2. The van der Waals surface area contributed by atoms with Gasteiger partial charge in [-0.05, 0) is 12.5 Å². The normalized spacial score (nSPS) is 18.4. The predicted octanol–water partition coefficient (Wildman–Crippen LogP) is 1.71. The Morgan fingerprint density at radius 2 is 2.19 bits per heavy atom. The predicted molar refractivity (Wildman–Crippen MR) is 78.7 cm³/mol. The molecule has 0 aliphatic carbocycles. The SMILES string of the molecule is COc1cc([N+](=O)[O-])ccc1N1CCC(NC(C)C)C1=O. The molecule has 1 saturated heterocycles. The first kappa shape index (κ1) is 15.2. The first-order chi connectivity index (χ1) is 9.93. The summed E-state index contributed by atoms with van der Waals surface area (Å²) in [4.78, 5) is 24.3. The highest BCUT2D eigenvalue weighted by molar-refractivity contribution is 6.00. The van der Waals surface area contributed by atoms with Crippen molar-refractivity contribution in [2.24, 2.45) is 0 Å². The molecule has 1 aliphatic heterocycles. The summed E-state index contributed by atoms with van der Waals surface area (Å²) in [6.45, 7) is 4.54. The van der Waals surface area contributed by atoms with E-state index in [2.05, 4.69) is 5.32 Å². The number of methoxy groups -OCH3 is 1. The third-order valence-electron chi connectivity index (χ3n) is 3.40. The van der Waals surface area contributed by atoms with Crippen molar-refractivity contribution in [2.75, 3.05) is 18.6 Å². The van der Waals surface area contributed by atoms with E-state index in [4.69, 9.17) is 4.74 Å². The maximum absolute atomic E-state index is 12.4. The number of amides is 1. The number of anilines is 1. The largest absolute Gasteiger partial charge is 0.494 e. The van der Waals surface area contributed by atoms with Gasteiger partial charge < -0.3 is 15.0 Å². The van der Waals surface area contributed by atoms with Crippen molar-refractivity contribution in [3.8, 4) is 5.75 Å². The Morgan fingerprint density at radius 3 is 2.76 bits per heavy atom. The minimum atomic E-state index is -0.485. The third-order valence-corrected chi connectivity index (χ3v) is 3.40. The summed E-state index contributed by atoms with van der Waals surface area (Å²) in [7, 11) is 1.44. The van der Waals surface area contributed by atoms with E-state index in [0.29, 0.717) is 24.4 Å². The summed E-state index contributed by atoms with van der Waals surface area (Å²) >= 11 is 0. The molecule has 1 unspecified atom stereocenters. The highest BCUT2D eigenvalue weighted by Gasteiger charge is 2.34. The summed E-state index contributed by atoms with van der Waals surface area (Å²) in [5, 5.41) is 14.0. The van der Waals surface area contributed by atoms with E-state index >= 15 is 0 Å². The molecular weight excluding hydrogens is 274 g/mol. The Kier molecular flexibility index (Phi) is 4.42. The van der Waals surface area contributed by atoms with Gasteiger partial charge in [-0.1, -0.05) is 13.8 Å². The lowest BCUT2D eigenvalue weighted by Crippen LogP contribution is -2.41. The van der Waals surface area contributed by atoms with Gasteiger partial charge in [0.05, 0.1) is 29.8 Å². The van der Waals surface area contributed by atoms with Crippen LogP contribution in [0.1, 0.15) is 20.3 Å². The minimum absolute atomic E-state index is 0.0316. The summed E-state index contributed by atoms with van der Waals surface area (Å²) in [6, 6.07) is 4.29. The van der Waals surface area contributed by atoms with Gasteiger partial charge in [0.25, 0.3) is 5.69 Å². The molecule has 1 fully saturated rings. The van der Waals surface area contributed by atoms with Crippen molar-refractivity contribution in [2.45, 2.75) is 32.4 Å². The Bertz CT molecular complexity index is 559. The lowest BCUT2D eigenvalue weighted by Gasteiger charge is -2.20. The quantitative estimate of drug-likeness (QED) is 0.660. The van der Waals surface area contributed by atoms with Gasteiger partial charge in [-0.25, -0.2) is 0 Å². The number of nitro groups is 1. The Balaban J connectivity index is 2.26. The van der Waals surface area contributed by atoms with Crippen molar-refractivity contribution in [1.29, 1.82) is 0 Å². The fourth-order valence-corrected chi connectivity index (χ4v) is 2.48. The highest BCUT2D eigenvalue weighted by Crippen LogP contribution is 2.34. The lowest BCUT2D eigenvalue weighted by molar-refractivity contribution is -0.384. The van der Waals surface area contributed by atoms with Crippen LogP contribution in [0, 0.1) is 10.1 Å². The van der Waals surface area contributed by atoms with Crippen LogP contribution < -0.4 is 15.0 Å². The number of hydrogen-bond acceptors (Lipinski definition) is 5. The Labute approximate surface area is 123 Å². The topological polar surface area (TPSA) is 84.7 Å². The maximum Gasteiger partial charge on any atom is 0.273 e. The second kappa shape index (κ2) is 6.09. The molecule has 1 amide bonds. The first-order valence-corrected chi connectivity index (χ1v) is 6.84. The van der Waals surface area contributed by atoms with Gasteiger partial charge in [-0.2, -0.15) is 0 Å². The second-order valence-electron chi connectivity index (χ2n) is 5.27. The molecular formula is C14H19N3O4. The van der Waals surface area contributed by atoms with Gasteiger partial charge in [0.2, 0.25) is 5.91 Å². The van der Waals surface area contributed by atoms with Crippen molar-refractivity contribution >= 4 is 17.3 Å². The molecule has 21 heavy (non-hydrogen) atoms. The molecule has 7 heteroatoms. The van der Waals surface area contributed by atoms with Crippen LogP contribution in [0.4, 0.5) is 11.4 Å². The van der Waals surface area contributed by atoms with Crippen LogP contribution in [0.15, 0.2) is 18.2 Å². The van der Waals surface area contributed by atoms with E-state index in [9.17, 15) is 14.9 Å². The number of carbonyl (C=O) groups excluding carboxylic acids is 1. The van der Waals surface area contributed by atoms with Crippen LogP contribution in [0.3, 0.4) is 0 Å². The maximum atomic E-state index is 12.4. The van der Waals surface area contributed by atoms with Crippen molar-refractivity contribution < 1.29 is 14.5 Å². The fraction of sp³-hybridized carbons (Fsp3) is 0.500. The Morgan fingerprint density at radius 1 is 1.48 bits per heavy atom.